The molecule has 0 unspecified atom stereocenters. The highest BCUT2D eigenvalue weighted by molar-refractivity contribution is 5.95. The van der Waals surface area contributed by atoms with Crippen LogP contribution in [0.3, 0.4) is 0 Å². The van der Waals surface area contributed by atoms with E-state index < -0.39 is 5.97 Å². The summed E-state index contributed by atoms with van der Waals surface area (Å²) in [5.41, 5.74) is 6.89. The van der Waals surface area contributed by atoms with Gasteiger partial charge in [0.2, 0.25) is 0 Å². The van der Waals surface area contributed by atoms with Crippen molar-refractivity contribution in [3.05, 3.63) is 53.3 Å². The van der Waals surface area contributed by atoms with Crippen LogP contribution in [0.5, 0.6) is 11.5 Å². The Morgan fingerprint density at radius 3 is 2.60 bits per heavy atom. The fourth-order valence-electron chi connectivity index (χ4n) is 1.74. The molecule has 104 valence electrons. The van der Waals surface area contributed by atoms with Crippen molar-refractivity contribution in [2.45, 2.75) is 6.92 Å². The maximum absolute atomic E-state index is 13.0. The first-order valence-electron chi connectivity index (χ1n) is 5.93. The molecular weight excluding hydrogens is 261 g/mol. The Morgan fingerprint density at radius 2 is 1.95 bits per heavy atom. The van der Waals surface area contributed by atoms with E-state index in [1.807, 2.05) is 0 Å². The van der Waals surface area contributed by atoms with Crippen molar-refractivity contribution in [1.82, 2.24) is 0 Å². The van der Waals surface area contributed by atoms with Crippen molar-refractivity contribution in [3.63, 3.8) is 0 Å². The first kappa shape index (κ1) is 13.9. The van der Waals surface area contributed by atoms with Crippen LogP contribution in [-0.2, 0) is 4.74 Å². The van der Waals surface area contributed by atoms with Gasteiger partial charge in [-0.2, -0.15) is 0 Å². The van der Waals surface area contributed by atoms with Gasteiger partial charge in [0.25, 0.3) is 0 Å². The van der Waals surface area contributed by atoms with Gasteiger partial charge in [-0.1, -0.05) is 0 Å². The Hall–Kier alpha value is -2.56. The van der Waals surface area contributed by atoms with E-state index in [4.69, 9.17) is 10.5 Å². The van der Waals surface area contributed by atoms with Gasteiger partial charge in [-0.3, -0.25) is 0 Å². The molecule has 4 nitrogen and oxygen atoms in total. The van der Waals surface area contributed by atoms with Gasteiger partial charge in [0.15, 0.2) is 0 Å². The van der Waals surface area contributed by atoms with E-state index in [1.54, 1.807) is 19.1 Å². The predicted octanol–water partition coefficient (Wildman–Crippen LogP) is 3.30. The summed E-state index contributed by atoms with van der Waals surface area (Å²) in [4.78, 5) is 11.5. The van der Waals surface area contributed by atoms with Crippen LogP contribution in [0.2, 0.25) is 0 Å². The second-order valence-corrected chi connectivity index (χ2v) is 4.25. The zero-order valence-electron chi connectivity index (χ0n) is 11.1. The zero-order chi connectivity index (χ0) is 14.7. The normalized spacial score (nSPS) is 10.2. The third-order valence-corrected chi connectivity index (χ3v) is 2.79. The number of nitrogen functional groups attached to an aromatic ring is 1. The third kappa shape index (κ3) is 2.88. The topological polar surface area (TPSA) is 61.5 Å². The number of hydrogen-bond acceptors (Lipinski definition) is 4. The number of aryl methyl sites for hydroxylation is 1. The molecule has 2 N–H and O–H groups in total. The van der Waals surface area contributed by atoms with Gasteiger partial charge in [-0.25, -0.2) is 9.18 Å². The highest BCUT2D eigenvalue weighted by atomic mass is 19.1. The molecule has 0 fully saturated rings. The summed E-state index contributed by atoms with van der Waals surface area (Å²) in [6.45, 7) is 1.73. The fraction of sp³-hybridized carbons (Fsp3) is 0.133. The van der Waals surface area contributed by atoms with Crippen molar-refractivity contribution in [2.24, 2.45) is 0 Å². The number of anilines is 1. The van der Waals surface area contributed by atoms with E-state index in [0.717, 1.165) is 0 Å². The summed E-state index contributed by atoms with van der Waals surface area (Å²) in [7, 11) is 1.28. The van der Waals surface area contributed by atoms with Crippen molar-refractivity contribution in [1.29, 1.82) is 0 Å². The molecular formula is C15H14FNO3. The summed E-state index contributed by atoms with van der Waals surface area (Å²) in [5, 5.41) is 0. The smallest absolute Gasteiger partial charge is 0.340 e. The molecule has 2 aromatic carbocycles. The monoisotopic (exact) mass is 275 g/mol. The van der Waals surface area contributed by atoms with E-state index in [9.17, 15) is 9.18 Å². The van der Waals surface area contributed by atoms with Crippen molar-refractivity contribution < 1.29 is 18.7 Å². The quantitative estimate of drug-likeness (QED) is 0.689. The van der Waals surface area contributed by atoms with Crippen LogP contribution in [0.4, 0.5) is 10.1 Å². The van der Waals surface area contributed by atoms with E-state index in [-0.39, 0.29) is 11.4 Å². The number of carbonyl (C=O) groups excluding carboxylic acids is 1. The van der Waals surface area contributed by atoms with Gasteiger partial charge in [0, 0.05) is 5.69 Å². The maximum atomic E-state index is 13.0. The average molecular weight is 275 g/mol. The first-order chi connectivity index (χ1) is 9.51. The number of nitrogens with two attached hydrogens (primary N) is 1. The second kappa shape index (κ2) is 5.61. The number of carbonyl (C=O) groups is 1. The Balaban J connectivity index is 2.32. The molecule has 0 amide bonds. The number of methoxy groups -OCH3 is 1. The molecule has 0 saturated carbocycles. The summed E-state index contributed by atoms with van der Waals surface area (Å²) in [5.74, 6) is 0.0625. The standard InChI is InChI=1S/C15H14FNO3/c1-9-7-10(16)3-6-14(9)20-11-4-5-13(17)12(8-11)15(18)19-2/h3-8H,17H2,1-2H3. The molecule has 0 radical (unpaired) electrons. The number of hydrogen-bond donors (Lipinski definition) is 1. The molecule has 20 heavy (non-hydrogen) atoms. The Morgan fingerprint density at radius 1 is 1.20 bits per heavy atom. The Labute approximate surface area is 115 Å². The van der Waals surface area contributed by atoms with E-state index in [2.05, 4.69) is 4.74 Å². The molecule has 0 saturated heterocycles. The lowest BCUT2D eigenvalue weighted by molar-refractivity contribution is 0.0601. The van der Waals surface area contributed by atoms with Gasteiger partial charge in [-0.15, -0.1) is 0 Å². The third-order valence-electron chi connectivity index (χ3n) is 2.79. The second-order valence-electron chi connectivity index (χ2n) is 4.25. The molecule has 0 atom stereocenters. The van der Waals surface area contributed by atoms with Crippen LogP contribution in [-0.4, -0.2) is 13.1 Å². The minimum atomic E-state index is -0.538. The van der Waals surface area contributed by atoms with Gasteiger partial charge < -0.3 is 15.2 Å². The lowest BCUT2D eigenvalue weighted by Gasteiger charge is -2.11. The van der Waals surface area contributed by atoms with Crippen molar-refractivity contribution in [2.75, 3.05) is 12.8 Å². The number of halogens is 1. The Bertz CT molecular complexity index is 656. The summed E-state index contributed by atoms with van der Waals surface area (Å²) < 4.78 is 23.3. The molecule has 2 rings (SSSR count). The first-order valence-corrected chi connectivity index (χ1v) is 5.93. The molecule has 0 aromatic heterocycles. The molecule has 0 spiro atoms. The highest BCUT2D eigenvalue weighted by Gasteiger charge is 2.12. The van der Waals surface area contributed by atoms with E-state index >= 15 is 0 Å². The van der Waals surface area contributed by atoms with Crippen LogP contribution in [0.15, 0.2) is 36.4 Å². The lowest BCUT2D eigenvalue weighted by atomic mass is 10.1. The van der Waals surface area contributed by atoms with Crippen LogP contribution >= 0.6 is 0 Å². The number of esters is 1. The molecule has 5 heteroatoms. The number of benzene rings is 2. The zero-order valence-corrected chi connectivity index (χ0v) is 11.1. The number of rotatable bonds is 3. The highest BCUT2D eigenvalue weighted by Crippen LogP contribution is 2.28. The van der Waals surface area contributed by atoms with E-state index in [0.29, 0.717) is 22.7 Å². The van der Waals surface area contributed by atoms with Crippen LogP contribution in [0, 0.1) is 12.7 Å². The molecule has 0 heterocycles. The van der Waals surface area contributed by atoms with Crippen LogP contribution < -0.4 is 10.5 Å². The van der Waals surface area contributed by atoms with Gasteiger partial charge >= 0.3 is 5.97 Å². The van der Waals surface area contributed by atoms with Gasteiger partial charge in [-0.05, 0) is 48.9 Å². The van der Waals surface area contributed by atoms with Crippen LogP contribution in [0.1, 0.15) is 15.9 Å². The van der Waals surface area contributed by atoms with E-state index in [1.165, 1.54) is 31.4 Å². The summed E-state index contributed by atoms with van der Waals surface area (Å²) >= 11 is 0. The molecule has 0 aliphatic carbocycles. The average Bonchev–Trinajstić information content (AvgIpc) is 2.43. The van der Waals surface area contributed by atoms with Crippen molar-refractivity contribution in [3.8, 4) is 11.5 Å². The lowest BCUT2D eigenvalue weighted by Crippen LogP contribution is -2.05. The molecule has 2 aromatic rings. The minimum absolute atomic E-state index is 0.227. The molecule has 0 aliphatic rings. The molecule has 0 aliphatic heterocycles. The number of ether oxygens (including phenoxy) is 2. The predicted molar refractivity (Wildman–Crippen MR) is 73.4 cm³/mol. The van der Waals surface area contributed by atoms with Gasteiger partial charge in [0.1, 0.15) is 17.3 Å². The summed E-state index contributed by atoms with van der Waals surface area (Å²) in [6.07, 6.45) is 0. The SMILES string of the molecule is COC(=O)c1cc(Oc2ccc(F)cc2C)ccc1N. The van der Waals surface area contributed by atoms with Crippen molar-refractivity contribution >= 4 is 11.7 Å². The largest absolute Gasteiger partial charge is 0.465 e. The van der Waals surface area contributed by atoms with Crippen LogP contribution in [0.25, 0.3) is 0 Å². The Kier molecular flexibility index (Phi) is 3.89. The maximum Gasteiger partial charge on any atom is 0.340 e. The molecule has 0 bridgehead atoms. The van der Waals surface area contributed by atoms with Gasteiger partial charge in [0.05, 0.1) is 12.7 Å². The summed E-state index contributed by atoms with van der Waals surface area (Å²) in [6, 6.07) is 8.88. The minimum Gasteiger partial charge on any atom is -0.465 e. The fourth-order valence-corrected chi connectivity index (χ4v) is 1.74.